The summed E-state index contributed by atoms with van der Waals surface area (Å²) in [6.45, 7) is 8.74. The van der Waals surface area contributed by atoms with Crippen molar-refractivity contribution in [2.45, 2.75) is 27.7 Å². The fourth-order valence-corrected chi connectivity index (χ4v) is 4.18. The number of benzene rings is 3. The third-order valence-corrected chi connectivity index (χ3v) is 5.63. The van der Waals surface area contributed by atoms with Gasteiger partial charge in [0.2, 0.25) is 0 Å². The van der Waals surface area contributed by atoms with Gasteiger partial charge in [-0.15, -0.1) is 0 Å². The molecule has 0 amide bonds. The number of carboxylic acid groups (broad SMARTS) is 1. The number of anilines is 1. The fraction of sp³-hybridized carbons (Fsp3) is 0.192. The molecular weight excluding hydrogens is 388 g/mol. The molecule has 3 aromatic carbocycles. The second-order valence-corrected chi connectivity index (χ2v) is 7.87. The Balaban J connectivity index is 2.17. The minimum absolute atomic E-state index is 0.257. The Labute approximate surface area is 181 Å². The van der Waals surface area contributed by atoms with Gasteiger partial charge in [-0.05, 0) is 73.9 Å². The van der Waals surface area contributed by atoms with Crippen LogP contribution in [0.25, 0.3) is 11.3 Å². The van der Waals surface area contributed by atoms with Gasteiger partial charge in [-0.3, -0.25) is 0 Å². The summed E-state index contributed by atoms with van der Waals surface area (Å²) >= 11 is 0. The topological polar surface area (TPSA) is 84.6 Å². The fourth-order valence-electron chi connectivity index (χ4n) is 4.18. The summed E-state index contributed by atoms with van der Waals surface area (Å²) in [6, 6.07) is 15.1. The average molecular weight is 415 g/mol. The van der Waals surface area contributed by atoms with Gasteiger partial charge in [-0.25, -0.2) is 4.79 Å². The molecule has 0 unspecified atom stereocenters. The second kappa shape index (κ2) is 7.84. The third-order valence-electron chi connectivity index (χ3n) is 5.63. The Hall–Kier alpha value is -3.73. The SMILES string of the molecule is CCNc1cc2c(cc1C)C(c1ccccc1C(=O)O)=c1cc(C)c(=C(C)N)cc1O2. The summed E-state index contributed by atoms with van der Waals surface area (Å²) in [7, 11) is 0. The van der Waals surface area contributed by atoms with E-state index >= 15 is 0 Å². The predicted octanol–water partition coefficient (Wildman–Crippen LogP) is 3.87. The van der Waals surface area contributed by atoms with Crippen LogP contribution in [0.2, 0.25) is 0 Å². The first-order valence-electron chi connectivity index (χ1n) is 10.3. The number of carbonyl (C=O) groups is 1. The van der Waals surface area contributed by atoms with Crippen LogP contribution in [0.3, 0.4) is 0 Å². The van der Waals surface area contributed by atoms with Crippen molar-refractivity contribution in [3.8, 4) is 11.5 Å². The molecule has 31 heavy (non-hydrogen) atoms. The van der Waals surface area contributed by atoms with Gasteiger partial charge in [-0.2, -0.15) is 0 Å². The van der Waals surface area contributed by atoms with Crippen LogP contribution in [0.1, 0.15) is 46.5 Å². The number of fused-ring (bicyclic) bond motifs is 2. The zero-order valence-electron chi connectivity index (χ0n) is 18.2. The minimum Gasteiger partial charge on any atom is -0.478 e. The molecule has 0 bridgehead atoms. The molecule has 5 nitrogen and oxygen atoms in total. The lowest BCUT2D eigenvalue weighted by atomic mass is 9.88. The first-order chi connectivity index (χ1) is 14.8. The highest BCUT2D eigenvalue weighted by atomic mass is 16.5. The summed E-state index contributed by atoms with van der Waals surface area (Å²) in [5, 5.41) is 15.0. The van der Waals surface area contributed by atoms with Gasteiger partial charge >= 0.3 is 5.97 Å². The van der Waals surface area contributed by atoms with Crippen molar-refractivity contribution >= 4 is 22.9 Å². The number of hydrogen-bond donors (Lipinski definition) is 3. The van der Waals surface area contributed by atoms with Gasteiger partial charge in [-0.1, -0.05) is 18.2 Å². The highest BCUT2D eigenvalue weighted by Gasteiger charge is 2.25. The number of nitrogens with one attached hydrogen (secondary N) is 1. The van der Waals surface area contributed by atoms with E-state index in [1.165, 1.54) is 0 Å². The molecule has 0 atom stereocenters. The quantitative estimate of drug-likeness (QED) is 0.472. The normalized spacial score (nSPS) is 13.1. The molecule has 0 fully saturated rings. The van der Waals surface area contributed by atoms with E-state index < -0.39 is 5.97 Å². The summed E-state index contributed by atoms with van der Waals surface area (Å²) in [4.78, 5) is 12.0. The molecule has 1 heterocycles. The smallest absolute Gasteiger partial charge is 0.336 e. The first-order valence-corrected chi connectivity index (χ1v) is 10.3. The molecule has 5 heteroatoms. The van der Waals surface area contributed by atoms with E-state index in [4.69, 9.17) is 10.5 Å². The monoisotopic (exact) mass is 414 g/mol. The number of aryl methyl sites for hydroxylation is 2. The molecule has 4 N–H and O–H groups in total. The van der Waals surface area contributed by atoms with Gasteiger partial charge in [0.1, 0.15) is 11.5 Å². The standard InChI is InChI=1S/C26H26N2O3/c1-5-28-22-13-24-21(11-15(22)3)25(17-8-6-7-9-18(17)26(29)30)20-10-14(2)19(16(4)27)12-23(20)31-24/h6-13,28H,5,27H2,1-4H3,(H,29,30). The maximum Gasteiger partial charge on any atom is 0.336 e. The maximum atomic E-state index is 12.0. The van der Waals surface area contributed by atoms with Crippen LogP contribution < -0.4 is 26.2 Å². The predicted molar refractivity (Wildman–Crippen MR) is 124 cm³/mol. The lowest BCUT2D eigenvalue weighted by Crippen LogP contribution is -2.24. The van der Waals surface area contributed by atoms with Crippen LogP contribution in [-0.2, 0) is 0 Å². The van der Waals surface area contributed by atoms with E-state index in [1.807, 2.05) is 58.0 Å². The van der Waals surface area contributed by atoms with E-state index in [1.54, 1.807) is 12.1 Å². The molecule has 4 rings (SSSR count). The molecule has 0 radical (unpaired) electrons. The van der Waals surface area contributed by atoms with Gasteiger partial charge in [0.15, 0.2) is 0 Å². The Morgan fingerprint density at radius 2 is 1.77 bits per heavy atom. The van der Waals surface area contributed by atoms with Crippen molar-refractivity contribution in [2.24, 2.45) is 5.73 Å². The van der Waals surface area contributed by atoms with Gasteiger partial charge in [0, 0.05) is 40.4 Å². The van der Waals surface area contributed by atoms with Crippen LogP contribution in [0.5, 0.6) is 11.5 Å². The summed E-state index contributed by atoms with van der Waals surface area (Å²) in [5.41, 5.74) is 12.5. The van der Waals surface area contributed by atoms with Gasteiger partial charge in [0.25, 0.3) is 0 Å². The number of aromatic carboxylic acids is 1. The molecule has 0 saturated carbocycles. The molecule has 0 aliphatic carbocycles. The number of nitrogens with two attached hydrogens (primary N) is 1. The van der Waals surface area contributed by atoms with Crippen molar-refractivity contribution in [3.05, 3.63) is 86.8 Å². The minimum atomic E-state index is -0.960. The first kappa shape index (κ1) is 20.5. The van der Waals surface area contributed by atoms with Crippen molar-refractivity contribution in [2.75, 3.05) is 11.9 Å². The van der Waals surface area contributed by atoms with Crippen LogP contribution in [0.4, 0.5) is 5.69 Å². The molecule has 1 aliphatic heterocycles. The van der Waals surface area contributed by atoms with Crippen molar-refractivity contribution in [3.63, 3.8) is 0 Å². The third kappa shape index (κ3) is 3.52. The van der Waals surface area contributed by atoms with Gasteiger partial charge < -0.3 is 20.9 Å². The van der Waals surface area contributed by atoms with Crippen molar-refractivity contribution < 1.29 is 14.6 Å². The Morgan fingerprint density at radius 3 is 2.45 bits per heavy atom. The van der Waals surface area contributed by atoms with E-state index in [0.29, 0.717) is 22.8 Å². The number of ether oxygens (including phenoxy) is 1. The number of hydrogen-bond acceptors (Lipinski definition) is 4. The Morgan fingerprint density at radius 1 is 1.03 bits per heavy atom. The molecule has 0 spiro atoms. The van der Waals surface area contributed by atoms with Gasteiger partial charge in [0.05, 0.1) is 5.56 Å². The zero-order chi connectivity index (χ0) is 22.3. The zero-order valence-corrected chi connectivity index (χ0v) is 18.2. The Kier molecular flexibility index (Phi) is 5.19. The number of carboxylic acids is 1. The lowest BCUT2D eigenvalue weighted by molar-refractivity contribution is 0.0696. The summed E-state index contributed by atoms with van der Waals surface area (Å²) < 4.78 is 6.34. The molecule has 3 aromatic rings. The Bertz CT molecular complexity index is 1340. The van der Waals surface area contributed by atoms with Crippen LogP contribution in [0.15, 0.2) is 48.5 Å². The molecule has 0 saturated heterocycles. The van der Waals surface area contributed by atoms with E-state index in [9.17, 15) is 9.90 Å². The highest BCUT2D eigenvalue weighted by Crippen LogP contribution is 2.40. The second-order valence-electron chi connectivity index (χ2n) is 7.87. The molecule has 158 valence electrons. The molecule has 1 aliphatic rings. The van der Waals surface area contributed by atoms with Crippen molar-refractivity contribution in [1.82, 2.24) is 0 Å². The molecule has 0 aromatic heterocycles. The molecular formula is C26H26N2O3. The largest absolute Gasteiger partial charge is 0.478 e. The number of rotatable bonds is 4. The van der Waals surface area contributed by atoms with Crippen LogP contribution >= 0.6 is 0 Å². The van der Waals surface area contributed by atoms with E-state index in [2.05, 4.69) is 11.4 Å². The van der Waals surface area contributed by atoms with E-state index in [-0.39, 0.29) is 5.56 Å². The average Bonchev–Trinajstić information content (AvgIpc) is 2.72. The lowest BCUT2D eigenvalue weighted by Gasteiger charge is -2.24. The summed E-state index contributed by atoms with van der Waals surface area (Å²) in [5.74, 6) is 0.395. The summed E-state index contributed by atoms with van der Waals surface area (Å²) in [6.07, 6.45) is 0. The van der Waals surface area contributed by atoms with E-state index in [0.717, 1.165) is 44.9 Å². The highest BCUT2D eigenvalue weighted by molar-refractivity contribution is 5.98. The van der Waals surface area contributed by atoms with Crippen molar-refractivity contribution in [1.29, 1.82) is 0 Å². The van der Waals surface area contributed by atoms with Crippen LogP contribution in [0, 0.1) is 13.8 Å². The van der Waals surface area contributed by atoms with Crippen LogP contribution in [-0.4, -0.2) is 17.6 Å². The maximum absolute atomic E-state index is 12.0.